The Kier molecular flexibility index (Phi) is 5.04. The minimum atomic E-state index is -0.362. The lowest BCUT2D eigenvalue weighted by atomic mass is 10.1. The molecule has 0 fully saturated rings. The molecule has 4 aromatic rings. The van der Waals surface area contributed by atoms with Crippen molar-refractivity contribution in [1.29, 1.82) is 0 Å². The van der Waals surface area contributed by atoms with E-state index in [0.29, 0.717) is 28.5 Å². The van der Waals surface area contributed by atoms with Crippen LogP contribution in [0.3, 0.4) is 0 Å². The molecule has 138 valence electrons. The van der Waals surface area contributed by atoms with E-state index in [2.05, 4.69) is 26.2 Å². The van der Waals surface area contributed by atoms with Gasteiger partial charge in [-0.2, -0.15) is 0 Å². The molecule has 0 radical (unpaired) electrons. The topological polar surface area (TPSA) is 55.1 Å². The third-order valence-electron chi connectivity index (χ3n) is 4.14. The van der Waals surface area contributed by atoms with Gasteiger partial charge in [0.2, 0.25) is 5.89 Å². The molecule has 0 bridgehead atoms. The molecule has 0 saturated carbocycles. The van der Waals surface area contributed by atoms with Crippen LogP contribution in [0.2, 0.25) is 0 Å². The predicted molar refractivity (Wildman–Crippen MR) is 109 cm³/mol. The lowest BCUT2D eigenvalue weighted by molar-refractivity contribution is 0.102. The summed E-state index contributed by atoms with van der Waals surface area (Å²) in [7, 11) is 0. The molecule has 6 heteroatoms. The molecule has 4 rings (SSSR count). The minimum Gasteiger partial charge on any atom is -0.436 e. The molecule has 1 N–H and O–H groups in total. The zero-order valence-corrected chi connectivity index (χ0v) is 16.1. The summed E-state index contributed by atoms with van der Waals surface area (Å²) in [6, 6.07) is 20.3. The second kappa shape index (κ2) is 7.78. The zero-order valence-electron chi connectivity index (χ0n) is 14.5. The summed E-state index contributed by atoms with van der Waals surface area (Å²) in [6.07, 6.45) is 1.63. The molecule has 1 heterocycles. The fourth-order valence-electron chi connectivity index (χ4n) is 2.75. The maximum atomic E-state index is 13.1. The van der Waals surface area contributed by atoms with Gasteiger partial charge in [-0.05, 0) is 48.5 Å². The van der Waals surface area contributed by atoms with Crippen LogP contribution >= 0.6 is 15.9 Å². The van der Waals surface area contributed by atoms with Crippen molar-refractivity contribution in [2.75, 3.05) is 5.32 Å². The van der Waals surface area contributed by atoms with Crippen LogP contribution in [-0.2, 0) is 0 Å². The van der Waals surface area contributed by atoms with E-state index in [4.69, 9.17) is 4.42 Å². The first-order chi connectivity index (χ1) is 13.6. The van der Waals surface area contributed by atoms with Gasteiger partial charge in [-0.25, -0.2) is 9.37 Å². The number of hydrogen-bond donors (Lipinski definition) is 1. The van der Waals surface area contributed by atoms with Gasteiger partial charge in [0.05, 0.1) is 11.8 Å². The number of benzene rings is 3. The molecule has 0 unspecified atom stereocenters. The Balaban J connectivity index is 1.63. The van der Waals surface area contributed by atoms with Gasteiger partial charge in [0.25, 0.3) is 5.91 Å². The molecule has 28 heavy (non-hydrogen) atoms. The third-order valence-corrected chi connectivity index (χ3v) is 4.67. The standard InChI is InChI=1S/C22H14BrFN2O2/c23-15-7-5-14(6-8-15)20-13-25-22(28-20)19-4-2-1-3-18(19)21(27)26-17-11-9-16(24)10-12-17/h1-13H,(H,26,27). The highest BCUT2D eigenvalue weighted by atomic mass is 79.9. The number of hydrogen-bond acceptors (Lipinski definition) is 3. The molecule has 0 aliphatic rings. The summed E-state index contributed by atoms with van der Waals surface area (Å²) < 4.78 is 19.9. The van der Waals surface area contributed by atoms with E-state index in [1.807, 2.05) is 30.3 Å². The molecule has 1 aromatic heterocycles. The number of carbonyl (C=O) groups is 1. The summed E-state index contributed by atoms with van der Waals surface area (Å²) in [6.45, 7) is 0. The van der Waals surface area contributed by atoms with Gasteiger partial charge < -0.3 is 9.73 Å². The Morgan fingerprint density at radius 3 is 2.43 bits per heavy atom. The summed E-state index contributed by atoms with van der Waals surface area (Å²) in [4.78, 5) is 17.1. The van der Waals surface area contributed by atoms with Crippen molar-refractivity contribution in [1.82, 2.24) is 4.98 Å². The van der Waals surface area contributed by atoms with Crippen LogP contribution in [0.15, 0.2) is 87.9 Å². The molecule has 0 aliphatic carbocycles. The van der Waals surface area contributed by atoms with Crippen LogP contribution in [0.4, 0.5) is 10.1 Å². The van der Waals surface area contributed by atoms with E-state index >= 15 is 0 Å². The number of rotatable bonds is 4. The van der Waals surface area contributed by atoms with Crippen LogP contribution in [-0.4, -0.2) is 10.9 Å². The molecule has 0 spiro atoms. The lowest BCUT2D eigenvalue weighted by Crippen LogP contribution is -2.13. The number of nitrogens with one attached hydrogen (secondary N) is 1. The van der Waals surface area contributed by atoms with Gasteiger partial charge >= 0.3 is 0 Å². The first-order valence-electron chi connectivity index (χ1n) is 8.48. The Morgan fingerprint density at radius 2 is 1.68 bits per heavy atom. The number of aromatic nitrogens is 1. The van der Waals surface area contributed by atoms with Crippen molar-refractivity contribution < 1.29 is 13.6 Å². The van der Waals surface area contributed by atoms with E-state index in [-0.39, 0.29) is 11.7 Å². The monoisotopic (exact) mass is 436 g/mol. The largest absolute Gasteiger partial charge is 0.436 e. The van der Waals surface area contributed by atoms with Crippen molar-refractivity contribution in [2.45, 2.75) is 0 Å². The maximum Gasteiger partial charge on any atom is 0.256 e. The molecular formula is C22H14BrFN2O2. The zero-order chi connectivity index (χ0) is 19.5. The van der Waals surface area contributed by atoms with Gasteiger partial charge in [0.15, 0.2) is 5.76 Å². The van der Waals surface area contributed by atoms with E-state index in [0.717, 1.165) is 10.0 Å². The number of nitrogens with zero attached hydrogens (tertiary/aromatic N) is 1. The van der Waals surface area contributed by atoms with Crippen molar-refractivity contribution in [2.24, 2.45) is 0 Å². The van der Waals surface area contributed by atoms with Gasteiger partial charge in [-0.1, -0.05) is 40.2 Å². The average molecular weight is 437 g/mol. The Labute approximate surface area is 169 Å². The van der Waals surface area contributed by atoms with Crippen LogP contribution < -0.4 is 5.32 Å². The van der Waals surface area contributed by atoms with Gasteiger partial charge in [-0.15, -0.1) is 0 Å². The quantitative estimate of drug-likeness (QED) is 0.416. The Bertz CT molecular complexity index is 1120. The molecular weight excluding hydrogens is 423 g/mol. The highest BCUT2D eigenvalue weighted by Gasteiger charge is 2.17. The number of carbonyl (C=O) groups excluding carboxylic acids is 1. The molecule has 3 aromatic carbocycles. The summed E-state index contributed by atoms with van der Waals surface area (Å²) in [5.74, 6) is 0.267. The predicted octanol–water partition coefficient (Wildman–Crippen LogP) is 6.16. The molecule has 1 amide bonds. The molecule has 4 nitrogen and oxygen atoms in total. The smallest absolute Gasteiger partial charge is 0.256 e. The summed E-state index contributed by atoms with van der Waals surface area (Å²) >= 11 is 3.40. The third kappa shape index (κ3) is 3.87. The second-order valence-corrected chi connectivity index (χ2v) is 6.96. The van der Waals surface area contributed by atoms with E-state index in [1.165, 1.54) is 24.3 Å². The van der Waals surface area contributed by atoms with Crippen LogP contribution in [0.25, 0.3) is 22.8 Å². The van der Waals surface area contributed by atoms with Gasteiger partial charge in [-0.3, -0.25) is 4.79 Å². The first kappa shape index (κ1) is 18.1. The first-order valence-corrected chi connectivity index (χ1v) is 9.27. The SMILES string of the molecule is O=C(Nc1ccc(F)cc1)c1ccccc1-c1ncc(-c2ccc(Br)cc2)o1. The van der Waals surface area contributed by atoms with Crippen LogP contribution in [0, 0.1) is 5.82 Å². The average Bonchev–Trinajstić information content (AvgIpc) is 3.20. The maximum absolute atomic E-state index is 13.1. The van der Waals surface area contributed by atoms with Gasteiger partial charge in [0.1, 0.15) is 5.82 Å². The number of anilines is 1. The molecule has 0 atom stereocenters. The lowest BCUT2D eigenvalue weighted by Gasteiger charge is -2.08. The fourth-order valence-corrected chi connectivity index (χ4v) is 3.01. The molecule has 0 aliphatic heterocycles. The summed E-state index contributed by atoms with van der Waals surface area (Å²) in [5.41, 5.74) is 2.38. The van der Waals surface area contributed by atoms with Crippen LogP contribution in [0.5, 0.6) is 0 Å². The van der Waals surface area contributed by atoms with Crippen molar-refractivity contribution in [3.63, 3.8) is 0 Å². The Hall–Kier alpha value is -3.25. The van der Waals surface area contributed by atoms with E-state index in [1.54, 1.807) is 24.4 Å². The fraction of sp³-hybridized carbons (Fsp3) is 0. The van der Waals surface area contributed by atoms with E-state index in [9.17, 15) is 9.18 Å². The summed E-state index contributed by atoms with van der Waals surface area (Å²) in [5, 5.41) is 2.76. The minimum absolute atomic E-state index is 0.328. The normalized spacial score (nSPS) is 10.6. The van der Waals surface area contributed by atoms with Crippen LogP contribution in [0.1, 0.15) is 10.4 Å². The highest BCUT2D eigenvalue weighted by molar-refractivity contribution is 9.10. The van der Waals surface area contributed by atoms with Gasteiger partial charge in [0, 0.05) is 21.3 Å². The van der Waals surface area contributed by atoms with E-state index < -0.39 is 0 Å². The number of amides is 1. The molecule has 0 saturated heterocycles. The van der Waals surface area contributed by atoms with Crippen molar-refractivity contribution >= 4 is 27.5 Å². The van der Waals surface area contributed by atoms with Crippen molar-refractivity contribution in [3.05, 3.63) is 94.8 Å². The second-order valence-electron chi connectivity index (χ2n) is 6.04. The number of oxazole rings is 1. The highest BCUT2D eigenvalue weighted by Crippen LogP contribution is 2.29. The van der Waals surface area contributed by atoms with Crippen molar-refractivity contribution in [3.8, 4) is 22.8 Å². The number of halogens is 2. The Morgan fingerprint density at radius 1 is 0.964 bits per heavy atom.